The van der Waals surface area contributed by atoms with Gasteiger partial charge in [0, 0.05) is 16.7 Å². The molecule has 0 spiro atoms. The highest BCUT2D eigenvalue weighted by atomic mass is 35.5. The van der Waals surface area contributed by atoms with E-state index in [2.05, 4.69) is 0 Å². The Hall–Kier alpha value is -2.00. The Morgan fingerprint density at radius 1 is 1.17 bits per heavy atom. The lowest BCUT2D eigenvalue weighted by molar-refractivity contribution is 0.103. The summed E-state index contributed by atoms with van der Waals surface area (Å²) in [5.74, 6) is 0.140. The topological polar surface area (TPSA) is 46.5 Å². The summed E-state index contributed by atoms with van der Waals surface area (Å²) >= 11 is 5.76. The Labute approximate surface area is 110 Å². The predicted molar refractivity (Wildman–Crippen MR) is 69.5 cm³/mol. The maximum Gasteiger partial charge on any atom is 0.196 e. The maximum atomic E-state index is 12.1. The van der Waals surface area contributed by atoms with Crippen LogP contribution < -0.4 is 4.74 Å². The van der Waals surface area contributed by atoms with Gasteiger partial charge in [-0.2, -0.15) is 0 Å². The molecule has 0 heterocycles. The largest absolute Gasteiger partial charge is 0.507 e. The lowest BCUT2D eigenvalue weighted by Gasteiger charge is -2.06. The van der Waals surface area contributed by atoms with E-state index >= 15 is 0 Å². The molecular weight excluding hydrogens is 252 g/mol. The fraction of sp³-hybridized carbons (Fsp3) is 0.0714. The molecule has 0 saturated heterocycles. The van der Waals surface area contributed by atoms with E-state index in [-0.39, 0.29) is 17.1 Å². The van der Waals surface area contributed by atoms with Crippen molar-refractivity contribution in [2.24, 2.45) is 0 Å². The van der Waals surface area contributed by atoms with Gasteiger partial charge in [0.15, 0.2) is 5.78 Å². The third-order valence-corrected chi connectivity index (χ3v) is 2.81. The molecule has 0 aromatic heterocycles. The van der Waals surface area contributed by atoms with Gasteiger partial charge in [-0.25, -0.2) is 0 Å². The van der Waals surface area contributed by atoms with Crippen molar-refractivity contribution in [1.29, 1.82) is 0 Å². The number of methoxy groups -OCH3 is 1. The van der Waals surface area contributed by atoms with Crippen molar-refractivity contribution in [2.75, 3.05) is 7.11 Å². The second-order valence-corrected chi connectivity index (χ2v) is 4.16. The lowest BCUT2D eigenvalue weighted by Crippen LogP contribution is -2.01. The fourth-order valence-electron chi connectivity index (χ4n) is 1.59. The van der Waals surface area contributed by atoms with Crippen LogP contribution in [0.15, 0.2) is 42.5 Å². The van der Waals surface area contributed by atoms with E-state index in [1.165, 1.54) is 19.2 Å². The summed E-state index contributed by atoms with van der Waals surface area (Å²) in [5, 5.41) is 10.3. The van der Waals surface area contributed by atoms with Crippen molar-refractivity contribution in [3.63, 3.8) is 0 Å². The number of phenolic OH excluding ortho intramolecular Hbond substituents is 1. The number of rotatable bonds is 3. The molecule has 0 bridgehead atoms. The number of hydrogen-bond acceptors (Lipinski definition) is 3. The standard InChI is InChI=1S/C14H11ClO3/c1-18-11-6-7-12(13(16)8-11)14(17)9-2-4-10(15)5-3-9/h2-8,16H,1H3. The van der Waals surface area contributed by atoms with Gasteiger partial charge in [0.1, 0.15) is 11.5 Å². The first-order valence-electron chi connectivity index (χ1n) is 5.29. The van der Waals surface area contributed by atoms with Crippen molar-refractivity contribution in [3.05, 3.63) is 58.6 Å². The molecule has 0 atom stereocenters. The van der Waals surface area contributed by atoms with E-state index in [0.29, 0.717) is 16.3 Å². The number of hydrogen-bond donors (Lipinski definition) is 1. The van der Waals surface area contributed by atoms with Gasteiger partial charge in [-0.1, -0.05) is 11.6 Å². The molecular formula is C14H11ClO3. The van der Waals surface area contributed by atoms with E-state index in [4.69, 9.17) is 16.3 Å². The summed E-state index contributed by atoms with van der Waals surface area (Å²) < 4.78 is 4.96. The van der Waals surface area contributed by atoms with Crippen LogP contribution in [0.2, 0.25) is 5.02 Å². The number of ketones is 1. The fourth-order valence-corrected chi connectivity index (χ4v) is 1.71. The molecule has 0 aliphatic carbocycles. The first kappa shape index (κ1) is 12.5. The van der Waals surface area contributed by atoms with E-state index in [0.717, 1.165) is 0 Å². The van der Waals surface area contributed by atoms with Crippen LogP contribution in [0, 0.1) is 0 Å². The van der Waals surface area contributed by atoms with Crippen molar-refractivity contribution in [2.45, 2.75) is 0 Å². The number of halogens is 1. The first-order valence-corrected chi connectivity index (χ1v) is 5.67. The summed E-state index contributed by atoms with van der Waals surface area (Å²) in [6, 6.07) is 11.1. The SMILES string of the molecule is COc1ccc(C(=O)c2ccc(Cl)cc2)c(O)c1. The Kier molecular flexibility index (Phi) is 3.53. The van der Waals surface area contributed by atoms with Gasteiger partial charge in [0.2, 0.25) is 0 Å². The minimum atomic E-state index is -0.258. The van der Waals surface area contributed by atoms with Crippen molar-refractivity contribution >= 4 is 17.4 Å². The molecule has 1 N–H and O–H groups in total. The third-order valence-electron chi connectivity index (χ3n) is 2.56. The Bertz CT molecular complexity index is 576. The Balaban J connectivity index is 2.37. The zero-order chi connectivity index (χ0) is 13.1. The van der Waals surface area contributed by atoms with Gasteiger partial charge in [-0.3, -0.25) is 4.79 Å². The van der Waals surface area contributed by atoms with Crippen LogP contribution in [-0.4, -0.2) is 18.0 Å². The third kappa shape index (κ3) is 2.46. The summed E-state index contributed by atoms with van der Waals surface area (Å²) in [5.41, 5.74) is 0.706. The molecule has 4 heteroatoms. The van der Waals surface area contributed by atoms with E-state index in [1.807, 2.05) is 0 Å². The van der Waals surface area contributed by atoms with Gasteiger partial charge in [-0.05, 0) is 36.4 Å². The number of carbonyl (C=O) groups excluding carboxylic acids is 1. The van der Waals surface area contributed by atoms with Crippen molar-refractivity contribution < 1.29 is 14.6 Å². The van der Waals surface area contributed by atoms with E-state index < -0.39 is 0 Å². The van der Waals surface area contributed by atoms with Crippen LogP contribution in [0.4, 0.5) is 0 Å². The highest BCUT2D eigenvalue weighted by Crippen LogP contribution is 2.25. The van der Waals surface area contributed by atoms with Crippen LogP contribution >= 0.6 is 11.6 Å². The Morgan fingerprint density at radius 2 is 1.83 bits per heavy atom. The second-order valence-electron chi connectivity index (χ2n) is 3.72. The zero-order valence-corrected chi connectivity index (χ0v) is 10.4. The van der Waals surface area contributed by atoms with E-state index in [9.17, 15) is 9.90 Å². The van der Waals surface area contributed by atoms with Crippen LogP contribution in [-0.2, 0) is 0 Å². The molecule has 0 unspecified atom stereocenters. The molecule has 0 fully saturated rings. The zero-order valence-electron chi connectivity index (χ0n) is 9.68. The highest BCUT2D eigenvalue weighted by Gasteiger charge is 2.13. The van der Waals surface area contributed by atoms with Crippen LogP contribution in [0.5, 0.6) is 11.5 Å². The number of aromatic hydroxyl groups is 1. The minimum absolute atomic E-state index is 0.102. The second kappa shape index (κ2) is 5.10. The molecule has 92 valence electrons. The molecule has 2 rings (SSSR count). The van der Waals surface area contributed by atoms with Crippen LogP contribution in [0.25, 0.3) is 0 Å². The molecule has 0 aliphatic rings. The lowest BCUT2D eigenvalue weighted by atomic mass is 10.0. The molecule has 2 aromatic carbocycles. The molecule has 3 nitrogen and oxygen atoms in total. The predicted octanol–water partition coefficient (Wildman–Crippen LogP) is 3.29. The smallest absolute Gasteiger partial charge is 0.196 e. The van der Waals surface area contributed by atoms with Gasteiger partial charge >= 0.3 is 0 Å². The normalized spacial score (nSPS) is 10.1. The first-order chi connectivity index (χ1) is 8.61. The monoisotopic (exact) mass is 262 g/mol. The van der Waals surface area contributed by atoms with Crippen LogP contribution in [0.1, 0.15) is 15.9 Å². The summed E-state index contributed by atoms with van der Waals surface area (Å²) in [6.07, 6.45) is 0. The average Bonchev–Trinajstić information content (AvgIpc) is 2.38. The summed E-state index contributed by atoms with van der Waals surface area (Å²) in [7, 11) is 1.50. The number of benzene rings is 2. The molecule has 2 aromatic rings. The quantitative estimate of drug-likeness (QED) is 0.864. The maximum absolute atomic E-state index is 12.1. The average molecular weight is 263 g/mol. The molecule has 0 aliphatic heterocycles. The highest BCUT2D eigenvalue weighted by molar-refractivity contribution is 6.30. The van der Waals surface area contributed by atoms with Gasteiger partial charge in [-0.15, -0.1) is 0 Å². The number of carbonyl (C=O) groups is 1. The molecule has 18 heavy (non-hydrogen) atoms. The number of phenols is 1. The van der Waals surface area contributed by atoms with Crippen molar-refractivity contribution in [1.82, 2.24) is 0 Å². The van der Waals surface area contributed by atoms with E-state index in [1.54, 1.807) is 30.3 Å². The van der Waals surface area contributed by atoms with Gasteiger partial charge in [0.05, 0.1) is 12.7 Å². The number of ether oxygens (including phenoxy) is 1. The molecule has 0 radical (unpaired) electrons. The molecule has 0 amide bonds. The van der Waals surface area contributed by atoms with Crippen molar-refractivity contribution in [3.8, 4) is 11.5 Å². The van der Waals surface area contributed by atoms with Gasteiger partial charge in [0.25, 0.3) is 0 Å². The summed E-state index contributed by atoms with van der Waals surface area (Å²) in [6.45, 7) is 0. The van der Waals surface area contributed by atoms with Gasteiger partial charge < -0.3 is 9.84 Å². The Morgan fingerprint density at radius 3 is 2.39 bits per heavy atom. The molecule has 0 saturated carbocycles. The summed E-state index contributed by atoms with van der Waals surface area (Å²) in [4.78, 5) is 12.1. The van der Waals surface area contributed by atoms with Crippen LogP contribution in [0.3, 0.4) is 0 Å². The minimum Gasteiger partial charge on any atom is -0.507 e.